The summed E-state index contributed by atoms with van der Waals surface area (Å²) in [7, 11) is 0. The fourth-order valence-electron chi connectivity index (χ4n) is 1.59. The highest BCUT2D eigenvalue weighted by atomic mass is 32.2. The molecule has 0 aromatic heterocycles. The first-order valence-electron chi connectivity index (χ1n) is 3.90. The van der Waals surface area contributed by atoms with Gasteiger partial charge in [-0.05, 0) is 16.6 Å². The van der Waals surface area contributed by atoms with Crippen molar-refractivity contribution in [3.63, 3.8) is 0 Å². The molecule has 0 aliphatic heterocycles. The van der Waals surface area contributed by atoms with Gasteiger partial charge in [0.25, 0.3) is 0 Å². The number of hydrogen-bond acceptors (Lipinski definition) is 3. The monoisotopic (exact) mass is 195 g/mol. The highest BCUT2D eigenvalue weighted by Crippen LogP contribution is 2.34. The van der Waals surface area contributed by atoms with E-state index in [0.29, 0.717) is 11.1 Å². The number of Topliss-reactive ketones (excluding diaryl/α,β-unsaturated/α-hetero) is 1. The van der Waals surface area contributed by atoms with Crippen LogP contribution < -0.4 is 0 Å². The largest absolute Gasteiger partial charge is 0.772 e. The van der Waals surface area contributed by atoms with E-state index in [-0.39, 0.29) is 12.2 Å². The van der Waals surface area contributed by atoms with Gasteiger partial charge in [-0.3, -0.25) is 9.00 Å². The van der Waals surface area contributed by atoms with Gasteiger partial charge >= 0.3 is 0 Å². The number of ketones is 1. The molecular weight excluding hydrogens is 188 g/mol. The standard InChI is InChI=1S/C9H8O3S/c10-8-5-9(13(11)12)7-4-2-1-3-6(7)8/h1-4,9H,5H2,(H,11,12)/p-1. The topological polar surface area (TPSA) is 57.2 Å². The molecule has 68 valence electrons. The second-order valence-corrected chi connectivity index (χ2v) is 4.05. The summed E-state index contributed by atoms with van der Waals surface area (Å²) < 4.78 is 21.5. The van der Waals surface area contributed by atoms with Crippen LogP contribution in [0.5, 0.6) is 0 Å². The summed E-state index contributed by atoms with van der Waals surface area (Å²) in [4.78, 5) is 11.3. The molecule has 0 N–H and O–H groups in total. The first kappa shape index (κ1) is 8.59. The minimum absolute atomic E-state index is 0.0789. The minimum atomic E-state index is -2.19. The van der Waals surface area contributed by atoms with Crippen LogP contribution in [0.25, 0.3) is 0 Å². The summed E-state index contributed by atoms with van der Waals surface area (Å²) in [5, 5.41) is -0.635. The lowest BCUT2D eigenvalue weighted by molar-refractivity contribution is 0.0993. The molecule has 0 bridgehead atoms. The molecule has 1 aromatic rings. The van der Waals surface area contributed by atoms with Crippen molar-refractivity contribution >= 4 is 16.9 Å². The fourth-order valence-corrected chi connectivity index (χ4v) is 2.29. The fraction of sp³-hybridized carbons (Fsp3) is 0.222. The quantitative estimate of drug-likeness (QED) is 0.632. The van der Waals surface area contributed by atoms with Crippen molar-refractivity contribution in [2.45, 2.75) is 11.7 Å². The Balaban J connectivity index is 2.53. The maximum absolute atomic E-state index is 11.3. The maximum Gasteiger partial charge on any atom is 0.164 e. The van der Waals surface area contributed by atoms with Crippen LogP contribution in [0.3, 0.4) is 0 Å². The molecule has 0 saturated heterocycles. The lowest BCUT2D eigenvalue weighted by atomic mass is 10.1. The summed E-state index contributed by atoms with van der Waals surface area (Å²) in [6.45, 7) is 0. The van der Waals surface area contributed by atoms with Gasteiger partial charge in [-0.2, -0.15) is 0 Å². The van der Waals surface area contributed by atoms with Crippen molar-refractivity contribution in [3.05, 3.63) is 35.4 Å². The Hall–Kier alpha value is -1.00. The Kier molecular flexibility index (Phi) is 2.01. The van der Waals surface area contributed by atoms with E-state index in [1.807, 2.05) is 0 Å². The highest BCUT2D eigenvalue weighted by Gasteiger charge is 2.29. The van der Waals surface area contributed by atoms with Crippen molar-refractivity contribution in [3.8, 4) is 0 Å². The van der Waals surface area contributed by atoms with Crippen molar-refractivity contribution < 1.29 is 13.6 Å². The molecule has 0 spiro atoms. The predicted molar refractivity (Wildman–Crippen MR) is 47.1 cm³/mol. The molecule has 4 heteroatoms. The van der Waals surface area contributed by atoms with Gasteiger partial charge in [0.15, 0.2) is 5.78 Å². The molecule has 0 heterocycles. The Labute approximate surface area is 78.1 Å². The van der Waals surface area contributed by atoms with E-state index in [9.17, 15) is 13.6 Å². The van der Waals surface area contributed by atoms with Crippen LogP contribution in [0.2, 0.25) is 0 Å². The Morgan fingerprint density at radius 3 is 2.77 bits per heavy atom. The second-order valence-electron chi connectivity index (χ2n) is 2.96. The van der Waals surface area contributed by atoms with Crippen LogP contribution in [0.4, 0.5) is 0 Å². The summed E-state index contributed by atoms with van der Waals surface area (Å²) in [6, 6.07) is 6.86. The van der Waals surface area contributed by atoms with Gasteiger partial charge < -0.3 is 4.55 Å². The number of benzene rings is 1. The molecule has 2 atom stereocenters. The number of rotatable bonds is 1. The van der Waals surface area contributed by atoms with E-state index < -0.39 is 16.3 Å². The maximum atomic E-state index is 11.3. The lowest BCUT2D eigenvalue weighted by Crippen LogP contribution is -2.01. The molecule has 0 radical (unpaired) electrons. The lowest BCUT2D eigenvalue weighted by Gasteiger charge is -2.13. The Bertz CT molecular complexity index is 386. The summed E-state index contributed by atoms with van der Waals surface area (Å²) in [5.74, 6) is -0.0789. The van der Waals surface area contributed by atoms with Gasteiger partial charge in [0.2, 0.25) is 0 Å². The van der Waals surface area contributed by atoms with Gasteiger partial charge in [-0.1, -0.05) is 24.3 Å². The zero-order chi connectivity index (χ0) is 9.42. The third kappa shape index (κ3) is 1.32. The zero-order valence-electron chi connectivity index (χ0n) is 6.73. The minimum Gasteiger partial charge on any atom is -0.772 e. The van der Waals surface area contributed by atoms with Crippen molar-refractivity contribution in [1.29, 1.82) is 0 Å². The van der Waals surface area contributed by atoms with E-state index in [1.165, 1.54) is 0 Å². The highest BCUT2D eigenvalue weighted by molar-refractivity contribution is 7.79. The molecule has 1 aliphatic rings. The molecular formula is C9H7O3S-. The van der Waals surface area contributed by atoms with Crippen molar-refractivity contribution in [1.82, 2.24) is 0 Å². The van der Waals surface area contributed by atoms with Crippen LogP contribution >= 0.6 is 0 Å². The molecule has 1 aliphatic carbocycles. The van der Waals surface area contributed by atoms with E-state index in [4.69, 9.17) is 0 Å². The first-order valence-corrected chi connectivity index (χ1v) is 5.04. The number of fused-ring (bicyclic) bond motifs is 1. The zero-order valence-corrected chi connectivity index (χ0v) is 7.54. The van der Waals surface area contributed by atoms with Crippen molar-refractivity contribution in [2.75, 3.05) is 0 Å². The third-order valence-electron chi connectivity index (χ3n) is 2.21. The first-order chi connectivity index (χ1) is 6.20. The van der Waals surface area contributed by atoms with Gasteiger partial charge in [0, 0.05) is 12.0 Å². The molecule has 1 aromatic carbocycles. The average molecular weight is 195 g/mol. The summed E-state index contributed by atoms with van der Waals surface area (Å²) >= 11 is -2.19. The van der Waals surface area contributed by atoms with E-state index in [1.54, 1.807) is 24.3 Å². The second kappa shape index (κ2) is 3.05. The van der Waals surface area contributed by atoms with Crippen LogP contribution in [-0.2, 0) is 11.1 Å². The van der Waals surface area contributed by atoms with Crippen molar-refractivity contribution in [2.24, 2.45) is 0 Å². The van der Waals surface area contributed by atoms with E-state index >= 15 is 0 Å². The summed E-state index contributed by atoms with van der Waals surface area (Å²) in [5.41, 5.74) is 1.19. The van der Waals surface area contributed by atoms with Gasteiger partial charge in [-0.25, -0.2) is 0 Å². The van der Waals surface area contributed by atoms with Crippen LogP contribution in [0, 0.1) is 0 Å². The van der Waals surface area contributed by atoms with Crippen LogP contribution in [0.15, 0.2) is 24.3 Å². The molecule has 2 unspecified atom stereocenters. The van der Waals surface area contributed by atoms with Gasteiger partial charge in [0.1, 0.15) is 0 Å². The third-order valence-corrected chi connectivity index (χ3v) is 3.10. The smallest absolute Gasteiger partial charge is 0.164 e. The van der Waals surface area contributed by atoms with Crippen LogP contribution in [-0.4, -0.2) is 14.5 Å². The number of hydrogen-bond donors (Lipinski definition) is 0. The number of carbonyl (C=O) groups excluding carboxylic acids is 1. The van der Waals surface area contributed by atoms with E-state index in [2.05, 4.69) is 0 Å². The average Bonchev–Trinajstić information content (AvgIpc) is 2.45. The Morgan fingerprint density at radius 2 is 2.08 bits per heavy atom. The molecule has 2 rings (SSSR count). The molecule has 3 nitrogen and oxygen atoms in total. The molecule has 0 amide bonds. The predicted octanol–water partition coefficient (Wildman–Crippen LogP) is 1.19. The number of carbonyl (C=O) groups is 1. The molecule has 13 heavy (non-hydrogen) atoms. The molecule has 0 saturated carbocycles. The van der Waals surface area contributed by atoms with Crippen LogP contribution in [0.1, 0.15) is 27.6 Å². The van der Waals surface area contributed by atoms with Gasteiger partial charge in [0.05, 0.1) is 5.25 Å². The SMILES string of the molecule is O=C1CC(S(=O)[O-])c2ccccc21. The van der Waals surface area contributed by atoms with E-state index in [0.717, 1.165) is 0 Å². The molecule has 0 fully saturated rings. The summed E-state index contributed by atoms with van der Waals surface area (Å²) in [6.07, 6.45) is 0.0927. The van der Waals surface area contributed by atoms with Gasteiger partial charge in [-0.15, -0.1) is 0 Å². The normalized spacial score (nSPS) is 22.8. The Morgan fingerprint density at radius 1 is 1.38 bits per heavy atom.